The maximum absolute atomic E-state index is 10.7. The first-order valence-electron chi connectivity index (χ1n) is 16.3. The quantitative estimate of drug-likeness (QED) is 0.193. The first-order chi connectivity index (χ1) is 24.7. The minimum Gasteiger partial charge on any atom is -0.309 e. The van der Waals surface area contributed by atoms with E-state index in [-0.39, 0.29) is 0 Å². The van der Waals surface area contributed by atoms with Crippen LogP contribution in [0.25, 0.3) is 77.2 Å². The lowest BCUT2D eigenvalue weighted by Gasteiger charge is -2.16. The molecule has 9 aromatic rings. The lowest BCUT2D eigenvalue weighted by atomic mass is 9.92. The Morgan fingerprint density at radius 3 is 1.60 bits per heavy atom. The smallest absolute Gasteiger partial charge is 0.102 e. The highest BCUT2D eigenvalue weighted by atomic mass is 15.0. The highest BCUT2D eigenvalue weighted by Gasteiger charge is 2.20. The van der Waals surface area contributed by atoms with Crippen molar-refractivity contribution in [3.8, 4) is 51.8 Å². The van der Waals surface area contributed by atoms with Crippen LogP contribution in [0.5, 0.6) is 0 Å². The van der Waals surface area contributed by atoms with Gasteiger partial charge < -0.3 is 9.13 Å². The summed E-state index contributed by atoms with van der Waals surface area (Å²) in [5.74, 6) is 0. The molecule has 0 radical (unpaired) electrons. The average molecular weight is 636 g/mol. The van der Waals surface area contributed by atoms with Crippen molar-refractivity contribution >= 4 is 43.6 Å². The maximum atomic E-state index is 10.7. The molecule has 0 saturated heterocycles. The van der Waals surface area contributed by atoms with Crippen LogP contribution < -0.4 is 0 Å². The molecule has 0 unspecified atom stereocenters. The monoisotopic (exact) mass is 635 g/mol. The second-order valence-electron chi connectivity index (χ2n) is 12.3. The molecule has 2 aromatic heterocycles. The number of hydrogen-bond acceptors (Lipinski definition) is 3. The Kier molecular flexibility index (Phi) is 6.56. The number of hydrogen-bond donors (Lipinski definition) is 0. The molecule has 0 saturated carbocycles. The third-order valence-electron chi connectivity index (χ3n) is 9.66. The van der Waals surface area contributed by atoms with Crippen molar-refractivity contribution in [3.63, 3.8) is 0 Å². The molecule has 0 spiro atoms. The molecule has 0 aliphatic heterocycles. The van der Waals surface area contributed by atoms with Crippen LogP contribution in [-0.2, 0) is 0 Å². The molecule has 5 nitrogen and oxygen atoms in total. The largest absolute Gasteiger partial charge is 0.309 e. The standard InChI is InChI=1S/C45H25N5/c46-26-29-20-23-45-38(24-29)37-13-4-8-18-43(37)49(45)40-15-5-1-10-33(40)30-21-22-32(31(25-30)27-47)34-14-9-19-44(39(34)28-48)50-41-16-6-2-11-35(41)36-12-3-7-17-42(36)50/h1-25H. The number of fused-ring (bicyclic) bond motifs is 6. The van der Waals surface area contributed by atoms with Gasteiger partial charge in [0.25, 0.3) is 0 Å². The van der Waals surface area contributed by atoms with Gasteiger partial charge in [-0.25, -0.2) is 0 Å². The van der Waals surface area contributed by atoms with Crippen LogP contribution in [0.2, 0.25) is 0 Å². The fourth-order valence-corrected chi connectivity index (χ4v) is 7.50. The fourth-order valence-electron chi connectivity index (χ4n) is 7.50. The zero-order chi connectivity index (χ0) is 33.8. The maximum Gasteiger partial charge on any atom is 0.102 e. The van der Waals surface area contributed by atoms with E-state index >= 15 is 0 Å². The number of para-hydroxylation sites is 4. The third-order valence-corrected chi connectivity index (χ3v) is 9.66. The third kappa shape index (κ3) is 4.24. The molecule has 230 valence electrons. The normalized spacial score (nSPS) is 11.1. The van der Waals surface area contributed by atoms with Gasteiger partial charge in [0, 0.05) is 38.2 Å². The van der Waals surface area contributed by atoms with Crippen molar-refractivity contribution in [2.24, 2.45) is 0 Å². The highest BCUT2D eigenvalue weighted by molar-refractivity contribution is 6.11. The predicted molar refractivity (Wildman–Crippen MR) is 200 cm³/mol. The Morgan fingerprint density at radius 1 is 0.380 bits per heavy atom. The van der Waals surface area contributed by atoms with Crippen LogP contribution in [0, 0.1) is 34.0 Å². The minimum absolute atomic E-state index is 0.481. The molecule has 9 rings (SSSR count). The van der Waals surface area contributed by atoms with Gasteiger partial charge in [-0.1, -0.05) is 97.1 Å². The van der Waals surface area contributed by atoms with E-state index in [4.69, 9.17) is 0 Å². The number of benzene rings is 7. The zero-order valence-corrected chi connectivity index (χ0v) is 26.7. The summed E-state index contributed by atoms with van der Waals surface area (Å²) in [5, 5.41) is 35.2. The summed E-state index contributed by atoms with van der Waals surface area (Å²) in [4.78, 5) is 0. The van der Waals surface area contributed by atoms with E-state index in [0.29, 0.717) is 27.8 Å². The molecule has 50 heavy (non-hydrogen) atoms. The van der Waals surface area contributed by atoms with Gasteiger partial charge in [-0.2, -0.15) is 15.8 Å². The number of aromatic nitrogens is 2. The fraction of sp³-hybridized carbons (Fsp3) is 0. The second kappa shape index (κ2) is 11.4. The van der Waals surface area contributed by atoms with Gasteiger partial charge in [-0.3, -0.25) is 0 Å². The van der Waals surface area contributed by atoms with E-state index in [1.165, 1.54) is 0 Å². The van der Waals surface area contributed by atoms with Crippen LogP contribution in [0.3, 0.4) is 0 Å². The number of nitriles is 3. The van der Waals surface area contributed by atoms with E-state index in [1.54, 1.807) is 0 Å². The highest BCUT2D eigenvalue weighted by Crippen LogP contribution is 2.40. The Balaban J connectivity index is 1.23. The molecular formula is C45H25N5. The molecule has 2 heterocycles. The Bertz CT molecular complexity index is 2920. The van der Waals surface area contributed by atoms with Crippen LogP contribution >= 0.6 is 0 Å². The van der Waals surface area contributed by atoms with E-state index in [0.717, 1.165) is 66.1 Å². The summed E-state index contributed by atoms with van der Waals surface area (Å²) in [6.45, 7) is 0. The van der Waals surface area contributed by atoms with E-state index in [9.17, 15) is 15.8 Å². The SMILES string of the molecule is N#Cc1ccc2c(c1)c1ccccc1n2-c1ccccc1-c1ccc(-c2cccc(-n3c4ccccc4c4ccccc43)c2C#N)c(C#N)c1. The van der Waals surface area contributed by atoms with Crippen LogP contribution in [0.15, 0.2) is 152 Å². The Labute approximate surface area is 287 Å². The number of nitrogens with zero attached hydrogens (tertiary/aromatic N) is 5. The van der Waals surface area contributed by atoms with Crippen molar-refractivity contribution in [1.82, 2.24) is 9.13 Å². The molecular weight excluding hydrogens is 611 g/mol. The van der Waals surface area contributed by atoms with Gasteiger partial charge in [-0.05, 0) is 60.2 Å². The van der Waals surface area contributed by atoms with Crippen LogP contribution in [0.1, 0.15) is 16.7 Å². The number of rotatable bonds is 4. The summed E-state index contributed by atoms with van der Waals surface area (Å²) in [7, 11) is 0. The van der Waals surface area contributed by atoms with Crippen molar-refractivity contribution < 1.29 is 0 Å². The topological polar surface area (TPSA) is 81.2 Å². The van der Waals surface area contributed by atoms with Gasteiger partial charge in [0.05, 0.1) is 62.3 Å². The van der Waals surface area contributed by atoms with Crippen LogP contribution in [0.4, 0.5) is 0 Å². The van der Waals surface area contributed by atoms with E-state index in [1.807, 2.05) is 103 Å². The summed E-state index contributed by atoms with van der Waals surface area (Å²) in [6.07, 6.45) is 0. The lowest BCUT2D eigenvalue weighted by Crippen LogP contribution is -2.00. The van der Waals surface area contributed by atoms with Gasteiger partial charge in [-0.15, -0.1) is 0 Å². The molecule has 7 aromatic carbocycles. The molecule has 0 bridgehead atoms. The lowest BCUT2D eigenvalue weighted by molar-refractivity contribution is 1.17. The predicted octanol–water partition coefficient (Wildman–Crippen LogP) is 10.8. The summed E-state index contributed by atoms with van der Waals surface area (Å²) >= 11 is 0. The van der Waals surface area contributed by atoms with Gasteiger partial charge in [0.2, 0.25) is 0 Å². The Hall–Kier alpha value is -7.39. The first-order valence-corrected chi connectivity index (χ1v) is 16.3. The molecule has 0 amide bonds. The van der Waals surface area contributed by atoms with Crippen molar-refractivity contribution in [1.29, 1.82) is 15.8 Å². The molecule has 0 aliphatic rings. The van der Waals surface area contributed by atoms with E-state index < -0.39 is 0 Å². The van der Waals surface area contributed by atoms with Crippen LogP contribution in [-0.4, -0.2) is 9.13 Å². The zero-order valence-electron chi connectivity index (χ0n) is 26.7. The molecule has 0 atom stereocenters. The second-order valence-corrected chi connectivity index (χ2v) is 12.3. The van der Waals surface area contributed by atoms with Gasteiger partial charge >= 0.3 is 0 Å². The molecule has 0 N–H and O–H groups in total. The first kappa shape index (κ1) is 28.8. The summed E-state index contributed by atoms with van der Waals surface area (Å²) < 4.78 is 4.37. The average Bonchev–Trinajstić information content (AvgIpc) is 3.69. The molecule has 0 fully saturated rings. The molecule has 5 heteroatoms. The van der Waals surface area contributed by atoms with Crippen molar-refractivity contribution in [2.45, 2.75) is 0 Å². The van der Waals surface area contributed by atoms with E-state index in [2.05, 4.69) is 75.9 Å². The summed E-state index contributed by atoms with van der Waals surface area (Å²) in [6, 6.07) is 57.6. The molecule has 0 aliphatic carbocycles. The minimum atomic E-state index is 0.481. The van der Waals surface area contributed by atoms with Crippen molar-refractivity contribution in [3.05, 3.63) is 168 Å². The van der Waals surface area contributed by atoms with Gasteiger partial charge in [0.15, 0.2) is 0 Å². The van der Waals surface area contributed by atoms with Crippen molar-refractivity contribution in [2.75, 3.05) is 0 Å². The Morgan fingerprint density at radius 2 is 0.940 bits per heavy atom. The van der Waals surface area contributed by atoms with Gasteiger partial charge in [0.1, 0.15) is 6.07 Å². The summed E-state index contributed by atoms with van der Waals surface area (Å²) in [5.41, 5.74) is 10.7.